The van der Waals surface area contributed by atoms with E-state index < -0.39 is 6.10 Å². The molecule has 1 rings (SSSR count). The molecule has 0 fully saturated rings. The van der Waals surface area contributed by atoms with Gasteiger partial charge in [-0.2, -0.15) is 0 Å². The van der Waals surface area contributed by atoms with Gasteiger partial charge in [0.1, 0.15) is 5.75 Å². The van der Waals surface area contributed by atoms with Gasteiger partial charge in [0.05, 0.1) is 12.6 Å². The molecule has 1 amide bonds. The fourth-order valence-electron chi connectivity index (χ4n) is 1.35. The van der Waals surface area contributed by atoms with Crippen molar-refractivity contribution in [2.45, 2.75) is 32.4 Å². The number of amides is 1. The molecule has 0 aliphatic rings. The van der Waals surface area contributed by atoms with Crippen molar-refractivity contribution >= 4 is 5.91 Å². The second-order valence-electron chi connectivity index (χ2n) is 3.87. The number of aliphatic hydroxyl groups excluding tert-OH is 1. The Bertz CT molecular complexity index is 336. The van der Waals surface area contributed by atoms with Crippen molar-refractivity contribution in [3.8, 4) is 5.75 Å². The first-order valence-electron chi connectivity index (χ1n) is 5.80. The molecule has 0 aliphatic carbocycles. The van der Waals surface area contributed by atoms with Crippen molar-refractivity contribution in [1.29, 1.82) is 0 Å². The van der Waals surface area contributed by atoms with Crippen LogP contribution in [0.25, 0.3) is 0 Å². The summed E-state index contributed by atoms with van der Waals surface area (Å²) in [5.41, 5.74) is 0. The van der Waals surface area contributed by atoms with Crippen molar-refractivity contribution < 1.29 is 14.6 Å². The molecule has 0 heterocycles. The van der Waals surface area contributed by atoms with Crippen LogP contribution in [0.4, 0.5) is 0 Å². The van der Waals surface area contributed by atoms with E-state index in [1.165, 1.54) is 0 Å². The van der Waals surface area contributed by atoms with Crippen LogP contribution < -0.4 is 10.1 Å². The Morgan fingerprint density at radius 2 is 2.06 bits per heavy atom. The van der Waals surface area contributed by atoms with Crippen LogP contribution in [0.15, 0.2) is 30.3 Å². The number of ether oxygens (including phenoxy) is 1. The van der Waals surface area contributed by atoms with Crippen molar-refractivity contribution in [3.63, 3.8) is 0 Å². The number of carbonyl (C=O) groups excluding carboxylic acids is 1. The normalized spacial score (nSPS) is 13.8. The molecule has 4 nitrogen and oxygen atoms in total. The first-order valence-corrected chi connectivity index (χ1v) is 5.80. The van der Waals surface area contributed by atoms with Crippen LogP contribution in [0.3, 0.4) is 0 Å². The van der Waals surface area contributed by atoms with E-state index in [1.54, 1.807) is 19.1 Å². The number of nitrogens with one attached hydrogen (secondary N) is 1. The summed E-state index contributed by atoms with van der Waals surface area (Å²) in [6.45, 7) is 3.54. The van der Waals surface area contributed by atoms with Crippen LogP contribution in [-0.2, 0) is 4.79 Å². The van der Waals surface area contributed by atoms with Crippen molar-refractivity contribution in [1.82, 2.24) is 5.32 Å². The second-order valence-corrected chi connectivity index (χ2v) is 3.87. The molecule has 0 saturated carbocycles. The average Bonchev–Trinajstić information content (AvgIpc) is 2.36. The van der Waals surface area contributed by atoms with E-state index >= 15 is 0 Å². The number of aliphatic hydroxyl groups is 1. The fourth-order valence-corrected chi connectivity index (χ4v) is 1.35. The summed E-state index contributed by atoms with van der Waals surface area (Å²) in [5.74, 6) is 0.446. The standard InChI is InChI=1S/C13H19NO3/c1-3-11(9-15)14-13(16)10(2)17-12-7-5-4-6-8-12/h4-8,10-11,15H,3,9H2,1-2H3,(H,14,16). The predicted molar refractivity (Wildman–Crippen MR) is 65.8 cm³/mol. The van der Waals surface area contributed by atoms with Gasteiger partial charge in [-0.05, 0) is 25.5 Å². The summed E-state index contributed by atoms with van der Waals surface area (Å²) in [6.07, 6.45) is 0.123. The summed E-state index contributed by atoms with van der Waals surface area (Å²) < 4.78 is 5.47. The fraction of sp³-hybridized carbons (Fsp3) is 0.462. The second kappa shape index (κ2) is 6.91. The number of para-hydroxylation sites is 1. The van der Waals surface area contributed by atoms with Crippen LogP contribution in [0.2, 0.25) is 0 Å². The maximum absolute atomic E-state index is 11.7. The Morgan fingerprint density at radius 3 is 2.59 bits per heavy atom. The van der Waals surface area contributed by atoms with Gasteiger partial charge in [0.15, 0.2) is 6.10 Å². The van der Waals surface area contributed by atoms with Crippen LogP contribution >= 0.6 is 0 Å². The van der Waals surface area contributed by atoms with Gasteiger partial charge in [-0.25, -0.2) is 0 Å². The molecule has 1 aromatic carbocycles. The third kappa shape index (κ3) is 4.44. The molecule has 4 heteroatoms. The van der Waals surface area contributed by atoms with E-state index in [0.717, 1.165) is 0 Å². The van der Waals surface area contributed by atoms with Crippen LogP contribution in [0.1, 0.15) is 20.3 Å². The molecular weight excluding hydrogens is 218 g/mol. The molecule has 17 heavy (non-hydrogen) atoms. The molecule has 94 valence electrons. The Kier molecular flexibility index (Phi) is 5.49. The lowest BCUT2D eigenvalue weighted by Crippen LogP contribution is -2.43. The number of hydrogen-bond acceptors (Lipinski definition) is 3. The van der Waals surface area contributed by atoms with E-state index in [9.17, 15) is 4.79 Å². The van der Waals surface area contributed by atoms with E-state index in [4.69, 9.17) is 9.84 Å². The van der Waals surface area contributed by atoms with Gasteiger partial charge in [-0.3, -0.25) is 4.79 Å². The smallest absolute Gasteiger partial charge is 0.261 e. The van der Waals surface area contributed by atoms with Crippen LogP contribution in [-0.4, -0.2) is 29.8 Å². The zero-order chi connectivity index (χ0) is 12.7. The summed E-state index contributed by atoms with van der Waals surface area (Å²) >= 11 is 0. The summed E-state index contributed by atoms with van der Waals surface area (Å²) in [5, 5.41) is 11.7. The molecule has 0 spiro atoms. The third-order valence-corrected chi connectivity index (χ3v) is 2.48. The highest BCUT2D eigenvalue weighted by Gasteiger charge is 2.17. The monoisotopic (exact) mass is 237 g/mol. The van der Waals surface area contributed by atoms with Gasteiger partial charge >= 0.3 is 0 Å². The molecule has 2 unspecified atom stereocenters. The number of hydrogen-bond donors (Lipinski definition) is 2. The summed E-state index contributed by atoms with van der Waals surface area (Å²) in [7, 11) is 0. The van der Waals surface area contributed by atoms with Gasteiger partial charge in [0.25, 0.3) is 5.91 Å². The lowest BCUT2D eigenvalue weighted by molar-refractivity contribution is -0.128. The van der Waals surface area contributed by atoms with Crippen molar-refractivity contribution in [3.05, 3.63) is 30.3 Å². The average molecular weight is 237 g/mol. The predicted octanol–water partition coefficient (Wildman–Crippen LogP) is 1.34. The van der Waals surface area contributed by atoms with Crippen molar-refractivity contribution in [2.24, 2.45) is 0 Å². The minimum Gasteiger partial charge on any atom is -0.481 e. The molecular formula is C13H19NO3. The van der Waals surface area contributed by atoms with Gasteiger partial charge in [0, 0.05) is 0 Å². The minimum atomic E-state index is -0.571. The molecule has 0 aliphatic heterocycles. The maximum Gasteiger partial charge on any atom is 0.261 e. The SMILES string of the molecule is CCC(CO)NC(=O)C(C)Oc1ccccc1. The highest BCUT2D eigenvalue weighted by molar-refractivity contribution is 5.81. The van der Waals surface area contributed by atoms with E-state index in [-0.39, 0.29) is 18.6 Å². The van der Waals surface area contributed by atoms with Gasteiger partial charge in [-0.15, -0.1) is 0 Å². The Labute approximate surface area is 102 Å². The number of carbonyl (C=O) groups is 1. The van der Waals surface area contributed by atoms with Crippen molar-refractivity contribution in [2.75, 3.05) is 6.61 Å². The quantitative estimate of drug-likeness (QED) is 0.785. The van der Waals surface area contributed by atoms with Gasteiger partial charge in [0.2, 0.25) is 0 Å². The zero-order valence-corrected chi connectivity index (χ0v) is 10.2. The lowest BCUT2D eigenvalue weighted by Gasteiger charge is -2.18. The minimum absolute atomic E-state index is 0.0553. The Hall–Kier alpha value is -1.55. The molecule has 0 radical (unpaired) electrons. The van der Waals surface area contributed by atoms with Gasteiger partial charge in [-0.1, -0.05) is 25.1 Å². The largest absolute Gasteiger partial charge is 0.481 e. The van der Waals surface area contributed by atoms with Gasteiger partial charge < -0.3 is 15.2 Å². The van der Waals surface area contributed by atoms with Crippen LogP contribution in [0.5, 0.6) is 5.75 Å². The third-order valence-electron chi connectivity index (χ3n) is 2.48. The van der Waals surface area contributed by atoms with Crippen LogP contribution in [0, 0.1) is 0 Å². The Morgan fingerprint density at radius 1 is 1.41 bits per heavy atom. The summed E-state index contributed by atoms with van der Waals surface area (Å²) in [6, 6.07) is 8.98. The molecule has 1 aromatic rings. The molecule has 0 bridgehead atoms. The first kappa shape index (κ1) is 13.5. The molecule has 0 aromatic heterocycles. The molecule has 2 atom stereocenters. The van der Waals surface area contributed by atoms with E-state index in [0.29, 0.717) is 12.2 Å². The summed E-state index contributed by atoms with van der Waals surface area (Å²) in [4.78, 5) is 11.7. The highest BCUT2D eigenvalue weighted by atomic mass is 16.5. The Balaban J connectivity index is 2.47. The maximum atomic E-state index is 11.7. The van der Waals surface area contributed by atoms with E-state index in [2.05, 4.69) is 5.32 Å². The van der Waals surface area contributed by atoms with E-state index in [1.807, 2.05) is 25.1 Å². The number of benzene rings is 1. The zero-order valence-electron chi connectivity index (χ0n) is 10.2. The first-order chi connectivity index (χ1) is 8.17. The molecule has 0 saturated heterocycles. The number of rotatable bonds is 6. The molecule has 2 N–H and O–H groups in total. The highest BCUT2D eigenvalue weighted by Crippen LogP contribution is 2.10. The topological polar surface area (TPSA) is 58.6 Å². The lowest BCUT2D eigenvalue weighted by atomic mass is 10.2.